The van der Waals surface area contributed by atoms with Gasteiger partial charge in [0.2, 0.25) is 0 Å². The first-order valence-corrected chi connectivity index (χ1v) is 23.1. The standard InChI is InChI=1S/C30H44O4.C16H29O.Al/c31-29(21-13-3-1-2-5-15-23-33-25-27-17-9-7-10-18-27)30(32)22-14-4-6-16-24-34-26-28-19-11-8-12-20-28;17-15-11-7-5-3-1-2-4-6-8-12-16-13-9-10-14-16;/h7-12,17-20,29-30H,1-6,13-16,21-26H2;9,13,16H,1-8,10-12,14-15H2;/q-2;-1;+2/t29-,30+;16-;/m01./s1. The summed E-state index contributed by atoms with van der Waals surface area (Å²) in [6.07, 6.45) is 35.9. The summed E-state index contributed by atoms with van der Waals surface area (Å²) < 4.78 is 31.0. The molecule has 3 atom stereocenters. The maximum atomic E-state index is 6.51. The van der Waals surface area contributed by atoms with Gasteiger partial charge in [-0.1, -0.05) is 176 Å². The molecular formula is C46H73AlO5-. The smallest absolute Gasteiger partial charge is 0.559 e. The van der Waals surface area contributed by atoms with Gasteiger partial charge in [0.05, 0.1) is 13.2 Å². The third-order valence-corrected chi connectivity index (χ3v) is 12.5. The lowest BCUT2D eigenvalue weighted by Crippen LogP contribution is -2.22. The number of hydrogen-bond acceptors (Lipinski definition) is 5. The SMILES string of the molecule is C1=C[C@@H](CCCCCCCCCCC[O][Al-]2[O][C@@H](CCCCCCCCOCc3ccccc3)[C@@H](CCCCCCOCc3ccccc3)[O]2)CC1. The molecule has 0 unspecified atom stereocenters. The Hall–Kier alpha value is -1.49. The largest absolute Gasteiger partial charge is 0.634 e. The minimum Gasteiger partial charge on any atom is -0.634 e. The van der Waals surface area contributed by atoms with E-state index in [1.807, 2.05) is 0 Å². The van der Waals surface area contributed by atoms with Crippen LogP contribution in [-0.2, 0) is 34.1 Å². The lowest BCUT2D eigenvalue weighted by atomic mass is 9.99. The Morgan fingerprint density at radius 3 is 1.37 bits per heavy atom. The summed E-state index contributed by atoms with van der Waals surface area (Å²) in [4.78, 5) is 0. The molecule has 1 saturated heterocycles. The highest BCUT2D eigenvalue weighted by molar-refractivity contribution is 6.37. The molecule has 0 aromatic heterocycles. The number of unbranched alkanes of at least 4 members (excludes halogenated alkanes) is 16. The maximum Gasteiger partial charge on any atom is 0.559 e. The second kappa shape index (κ2) is 29.8. The van der Waals surface area contributed by atoms with E-state index >= 15 is 0 Å². The first kappa shape index (κ1) is 43.2. The molecule has 1 heterocycles. The van der Waals surface area contributed by atoms with Gasteiger partial charge in [-0.15, -0.1) is 0 Å². The van der Waals surface area contributed by atoms with E-state index in [1.165, 1.54) is 133 Å². The van der Waals surface area contributed by atoms with Crippen LogP contribution in [-0.4, -0.2) is 47.2 Å². The summed E-state index contributed by atoms with van der Waals surface area (Å²) in [6.45, 7) is 3.92. The van der Waals surface area contributed by atoms with Crippen LogP contribution in [0, 0.1) is 5.92 Å². The van der Waals surface area contributed by atoms with Crippen LogP contribution in [0.1, 0.15) is 165 Å². The minimum atomic E-state index is -2.03. The van der Waals surface area contributed by atoms with Gasteiger partial charge in [0, 0.05) is 25.4 Å². The van der Waals surface area contributed by atoms with E-state index in [0.717, 1.165) is 64.4 Å². The Labute approximate surface area is 324 Å². The quantitative estimate of drug-likeness (QED) is 0.0415. The molecule has 291 valence electrons. The zero-order chi connectivity index (χ0) is 36.0. The van der Waals surface area contributed by atoms with Crippen LogP contribution < -0.4 is 0 Å². The van der Waals surface area contributed by atoms with Gasteiger partial charge in [-0.3, -0.25) is 0 Å². The van der Waals surface area contributed by atoms with Crippen molar-refractivity contribution in [3.63, 3.8) is 0 Å². The van der Waals surface area contributed by atoms with Gasteiger partial charge in [-0.2, -0.15) is 0 Å². The summed E-state index contributed by atoms with van der Waals surface area (Å²) in [5, 5.41) is 0. The molecule has 2 aromatic carbocycles. The van der Waals surface area contributed by atoms with Crippen LogP contribution in [0.25, 0.3) is 0 Å². The Kier molecular flexibility index (Phi) is 24.8. The molecule has 52 heavy (non-hydrogen) atoms. The monoisotopic (exact) mass is 733 g/mol. The molecule has 1 fully saturated rings. The van der Waals surface area contributed by atoms with E-state index in [2.05, 4.69) is 72.8 Å². The zero-order valence-electron chi connectivity index (χ0n) is 32.8. The number of benzene rings is 2. The number of ether oxygens (including phenoxy) is 2. The van der Waals surface area contributed by atoms with Crippen LogP contribution in [0.2, 0.25) is 0 Å². The second-order valence-electron chi connectivity index (χ2n) is 15.4. The highest BCUT2D eigenvalue weighted by Crippen LogP contribution is 2.27. The highest BCUT2D eigenvalue weighted by Gasteiger charge is 2.31. The van der Waals surface area contributed by atoms with Crippen LogP contribution in [0.4, 0.5) is 0 Å². The molecule has 6 heteroatoms. The van der Waals surface area contributed by atoms with Crippen LogP contribution in [0.15, 0.2) is 72.8 Å². The molecular weight excluding hydrogens is 659 g/mol. The average Bonchev–Trinajstić information content (AvgIpc) is 3.84. The van der Waals surface area contributed by atoms with Crippen molar-refractivity contribution in [3.05, 3.63) is 83.9 Å². The van der Waals surface area contributed by atoms with E-state index in [-0.39, 0.29) is 12.2 Å². The molecule has 1 aliphatic heterocycles. The Bertz CT molecular complexity index is 1110. The molecule has 0 spiro atoms. The van der Waals surface area contributed by atoms with Crippen LogP contribution in [0.5, 0.6) is 0 Å². The number of allylic oxidation sites excluding steroid dienone is 2. The van der Waals surface area contributed by atoms with Gasteiger partial charge < -0.3 is 20.8 Å². The Morgan fingerprint density at radius 1 is 0.481 bits per heavy atom. The fraction of sp³-hybridized carbons (Fsp3) is 0.696. The number of rotatable bonds is 33. The summed E-state index contributed by atoms with van der Waals surface area (Å²) >= 11 is -2.03. The fourth-order valence-corrected chi connectivity index (χ4v) is 9.40. The summed E-state index contributed by atoms with van der Waals surface area (Å²) in [5.41, 5.74) is 2.51. The summed E-state index contributed by atoms with van der Waals surface area (Å²) in [5.74, 6) is 0.885. The molecule has 1 aliphatic carbocycles. The van der Waals surface area contributed by atoms with Crippen molar-refractivity contribution in [1.82, 2.24) is 0 Å². The lowest BCUT2D eigenvalue weighted by molar-refractivity contribution is 0.115. The highest BCUT2D eigenvalue weighted by atomic mass is 27.3. The fourth-order valence-electron chi connectivity index (χ4n) is 7.63. The molecule has 4 rings (SSSR count). The maximum absolute atomic E-state index is 6.51. The minimum absolute atomic E-state index is 0.211. The van der Waals surface area contributed by atoms with Crippen molar-refractivity contribution in [3.8, 4) is 0 Å². The predicted octanol–water partition coefficient (Wildman–Crippen LogP) is 12.8. The molecule has 1 radical (unpaired) electrons. The van der Waals surface area contributed by atoms with Crippen molar-refractivity contribution in [2.45, 2.75) is 180 Å². The van der Waals surface area contributed by atoms with Crippen molar-refractivity contribution >= 4 is 15.1 Å². The van der Waals surface area contributed by atoms with E-state index in [4.69, 9.17) is 20.8 Å². The van der Waals surface area contributed by atoms with Gasteiger partial charge in [-0.05, 0) is 75.0 Å². The Balaban J connectivity index is 1.00. The van der Waals surface area contributed by atoms with Crippen molar-refractivity contribution < 1.29 is 20.8 Å². The average molecular weight is 733 g/mol. The third kappa shape index (κ3) is 20.8. The topological polar surface area (TPSA) is 46.2 Å². The van der Waals surface area contributed by atoms with E-state index in [9.17, 15) is 0 Å². The molecule has 2 aromatic rings. The molecule has 0 saturated carbocycles. The Morgan fingerprint density at radius 2 is 0.904 bits per heavy atom. The molecule has 5 nitrogen and oxygen atoms in total. The van der Waals surface area contributed by atoms with Crippen molar-refractivity contribution in [2.24, 2.45) is 5.92 Å². The van der Waals surface area contributed by atoms with Gasteiger partial charge in [0.1, 0.15) is 0 Å². The van der Waals surface area contributed by atoms with Gasteiger partial charge in [0.15, 0.2) is 0 Å². The summed E-state index contributed by atoms with van der Waals surface area (Å²) in [7, 11) is 0. The van der Waals surface area contributed by atoms with E-state index in [1.54, 1.807) is 0 Å². The van der Waals surface area contributed by atoms with Crippen molar-refractivity contribution in [1.29, 1.82) is 0 Å². The van der Waals surface area contributed by atoms with Crippen molar-refractivity contribution in [2.75, 3.05) is 19.8 Å². The van der Waals surface area contributed by atoms with E-state index < -0.39 is 15.1 Å². The molecule has 2 aliphatic rings. The van der Waals surface area contributed by atoms with E-state index in [0.29, 0.717) is 6.61 Å². The second-order valence-corrected chi connectivity index (χ2v) is 16.9. The molecule has 0 bridgehead atoms. The number of hydrogen-bond donors (Lipinski definition) is 0. The zero-order valence-corrected chi connectivity index (χ0v) is 33.9. The van der Waals surface area contributed by atoms with Crippen LogP contribution in [0.3, 0.4) is 0 Å². The third-order valence-electron chi connectivity index (χ3n) is 10.8. The first-order chi connectivity index (χ1) is 25.9. The normalized spacial score (nSPS) is 18.9. The summed E-state index contributed by atoms with van der Waals surface area (Å²) in [6, 6.07) is 20.9. The first-order valence-electron chi connectivity index (χ1n) is 21.7. The van der Waals surface area contributed by atoms with Gasteiger partial charge in [0.25, 0.3) is 0 Å². The molecule has 0 N–H and O–H groups in total. The van der Waals surface area contributed by atoms with Gasteiger partial charge >= 0.3 is 15.1 Å². The lowest BCUT2D eigenvalue weighted by Gasteiger charge is -2.24. The van der Waals surface area contributed by atoms with Crippen LogP contribution >= 0.6 is 0 Å². The molecule has 0 amide bonds. The predicted molar refractivity (Wildman–Crippen MR) is 217 cm³/mol. The van der Waals surface area contributed by atoms with Gasteiger partial charge in [-0.25, -0.2) is 0 Å².